The monoisotopic (exact) mass is 230 g/mol. The van der Waals surface area contributed by atoms with Gasteiger partial charge in [-0.05, 0) is 30.2 Å². The topological polar surface area (TPSA) is 29.5 Å². The Morgan fingerprint density at radius 2 is 2.17 bits per heavy atom. The molecule has 0 heterocycles. The van der Waals surface area contributed by atoms with Crippen LogP contribution in [-0.4, -0.2) is 12.2 Å². The quantitative estimate of drug-likeness (QED) is 0.845. The van der Waals surface area contributed by atoms with Gasteiger partial charge in [-0.25, -0.2) is 0 Å². The number of aryl methyl sites for hydroxylation is 1. The van der Waals surface area contributed by atoms with Crippen molar-refractivity contribution in [3.8, 4) is 5.75 Å². The molecule has 0 atom stereocenters. The fourth-order valence-electron chi connectivity index (χ4n) is 1.06. The average molecular weight is 231 g/mol. The van der Waals surface area contributed by atoms with Gasteiger partial charge < -0.3 is 9.84 Å². The summed E-state index contributed by atoms with van der Waals surface area (Å²) in [6, 6.07) is 3.74. The van der Waals surface area contributed by atoms with Crippen molar-refractivity contribution < 1.29 is 9.84 Å². The van der Waals surface area contributed by atoms with Crippen LogP contribution in [0.15, 0.2) is 16.6 Å². The Bertz CT molecular complexity index is 261. The van der Waals surface area contributed by atoms with Crippen molar-refractivity contribution in [3.63, 3.8) is 0 Å². The van der Waals surface area contributed by atoms with Crippen LogP contribution in [0.4, 0.5) is 0 Å². The highest BCUT2D eigenvalue weighted by atomic mass is 79.9. The fraction of sp³-hybridized carbons (Fsp3) is 0.333. The lowest BCUT2D eigenvalue weighted by Gasteiger charge is -2.07. The molecule has 0 aliphatic heterocycles. The van der Waals surface area contributed by atoms with Gasteiger partial charge in [0.25, 0.3) is 0 Å². The van der Waals surface area contributed by atoms with Crippen molar-refractivity contribution in [2.45, 2.75) is 13.5 Å². The second-order valence-corrected chi connectivity index (χ2v) is 3.42. The summed E-state index contributed by atoms with van der Waals surface area (Å²) in [4.78, 5) is 0. The van der Waals surface area contributed by atoms with E-state index in [1.807, 2.05) is 19.1 Å². The summed E-state index contributed by atoms with van der Waals surface area (Å²) in [6.07, 6.45) is 0. The Labute approximate surface area is 80.3 Å². The Hall–Kier alpha value is -0.540. The predicted octanol–water partition coefficient (Wildman–Crippen LogP) is 2.26. The second kappa shape index (κ2) is 3.92. The lowest BCUT2D eigenvalue weighted by molar-refractivity contribution is 0.280. The largest absolute Gasteiger partial charge is 0.497 e. The number of aliphatic hydroxyl groups is 1. The number of methoxy groups -OCH3 is 1. The first-order chi connectivity index (χ1) is 5.69. The maximum Gasteiger partial charge on any atom is 0.120 e. The minimum absolute atomic E-state index is 0.0520. The van der Waals surface area contributed by atoms with E-state index in [-0.39, 0.29) is 6.61 Å². The van der Waals surface area contributed by atoms with Gasteiger partial charge in [-0.15, -0.1) is 0 Å². The molecule has 1 rings (SSSR count). The van der Waals surface area contributed by atoms with Gasteiger partial charge in [0.05, 0.1) is 13.7 Å². The summed E-state index contributed by atoms with van der Waals surface area (Å²) in [7, 11) is 1.62. The number of hydrogen-bond donors (Lipinski definition) is 1. The highest BCUT2D eigenvalue weighted by molar-refractivity contribution is 9.10. The zero-order valence-electron chi connectivity index (χ0n) is 7.10. The minimum atomic E-state index is 0.0520. The predicted molar refractivity (Wildman–Crippen MR) is 51.4 cm³/mol. The van der Waals surface area contributed by atoms with Crippen LogP contribution in [0.1, 0.15) is 11.1 Å². The van der Waals surface area contributed by atoms with Gasteiger partial charge in [-0.2, -0.15) is 0 Å². The van der Waals surface area contributed by atoms with E-state index >= 15 is 0 Å². The van der Waals surface area contributed by atoms with Gasteiger partial charge in [0.2, 0.25) is 0 Å². The van der Waals surface area contributed by atoms with E-state index in [0.717, 1.165) is 21.3 Å². The molecule has 1 N–H and O–H groups in total. The molecule has 12 heavy (non-hydrogen) atoms. The fourth-order valence-corrected chi connectivity index (χ4v) is 1.72. The summed E-state index contributed by atoms with van der Waals surface area (Å²) in [6.45, 7) is 2.00. The van der Waals surface area contributed by atoms with E-state index in [9.17, 15) is 0 Å². The van der Waals surface area contributed by atoms with E-state index < -0.39 is 0 Å². The van der Waals surface area contributed by atoms with Gasteiger partial charge in [-0.1, -0.05) is 15.9 Å². The molecular weight excluding hydrogens is 220 g/mol. The second-order valence-electron chi connectivity index (χ2n) is 2.56. The van der Waals surface area contributed by atoms with Crippen LogP contribution in [0.5, 0.6) is 5.75 Å². The molecule has 0 aliphatic rings. The summed E-state index contributed by atoms with van der Waals surface area (Å²) >= 11 is 3.36. The molecule has 0 fully saturated rings. The zero-order valence-corrected chi connectivity index (χ0v) is 8.68. The van der Waals surface area contributed by atoms with Gasteiger partial charge in [0.15, 0.2) is 0 Å². The smallest absolute Gasteiger partial charge is 0.120 e. The van der Waals surface area contributed by atoms with Crippen LogP contribution in [-0.2, 0) is 6.61 Å². The molecule has 0 amide bonds. The van der Waals surface area contributed by atoms with Crippen LogP contribution in [0, 0.1) is 6.92 Å². The summed E-state index contributed by atoms with van der Waals surface area (Å²) in [5, 5.41) is 8.99. The third-order valence-corrected chi connectivity index (χ3v) is 2.49. The van der Waals surface area contributed by atoms with Crippen LogP contribution >= 0.6 is 15.9 Å². The van der Waals surface area contributed by atoms with Crippen molar-refractivity contribution >= 4 is 15.9 Å². The third kappa shape index (κ3) is 1.79. The zero-order chi connectivity index (χ0) is 9.14. The van der Waals surface area contributed by atoms with Gasteiger partial charge >= 0.3 is 0 Å². The van der Waals surface area contributed by atoms with E-state index in [1.165, 1.54) is 0 Å². The molecule has 0 aromatic heterocycles. The molecule has 0 saturated carbocycles. The molecule has 0 spiro atoms. The van der Waals surface area contributed by atoms with Gasteiger partial charge in [-0.3, -0.25) is 0 Å². The SMILES string of the molecule is COc1cc(C)c(CO)c(Br)c1. The third-order valence-electron chi connectivity index (χ3n) is 1.79. The van der Waals surface area contributed by atoms with Gasteiger partial charge in [0.1, 0.15) is 5.75 Å². The first kappa shape index (κ1) is 9.55. The molecule has 1 aromatic rings. The minimum Gasteiger partial charge on any atom is -0.497 e. The van der Waals surface area contributed by atoms with Crippen LogP contribution < -0.4 is 4.74 Å². The summed E-state index contributed by atoms with van der Waals surface area (Å²) in [5.74, 6) is 0.802. The number of halogens is 1. The van der Waals surface area contributed by atoms with Crippen LogP contribution in [0.3, 0.4) is 0 Å². The summed E-state index contributed by atoms with van der Waals surface area (Å²) in [5.41, 5.74) is 1.94. The van der Waals surface area contributed by atoms with E-state index in [4.69, 9.17) is 9.84 Å². The molecule has 2 nitrogen and oxygen atoms in total. The number of aliphatic hydroxyl groups excluding tert-OH is 1. The maximum absolute atomic E-state index is 8.99. The molecular formula is C9H11BrO2. The molecule has 1 aromatic carbocycles. The first-order valence-electron chi connectivity index (χ1n) is 3.63. The average Bonchev–Trinajstić information content (AvgIpc) is 2.03. The molecule has 66 valence electrons. The van der Waals surface area contributed by atoms with Crippen molar-refractivity contribution in [1.82, 2.24) is 0 Å². The Balaban J connectivity index is 3.18. The lowest BCUT2D eigenvalue weighted by Crippen LogP contribution is -1.92. The highest BCUT2D eigenvalue weighted by Gasteiger charge is 2.04. The summed E-state index contributed by atoms with van der Waals surface area (Å²) < 4.78 is 5.95. The number of ether oxygens (including phenoxy) is 1. The number of benzene rings is 1. The number of rotatable bonds is 2. The van der Waals surface area contributed by atoms with Crippen molar-refractivity contribution in [3.05, 3.63) is 27.7 Å². The van der Waals surface area contributed by atoms with E-state index in [0.29, 0.717) is 0 Å². The number of hydrogen-bond acceptors (Lipinski definition) is 2. The Morgan fingerprint density at radius 3 is 2.58 bits per heavy atom. The molecule has 0 aliphatic carbocycles. The Kier molecular flexibility index (Phi) is 3.12. The molecule has 3 heteroatoms. The maximum atomic E-state index is 8.99. The van der Waals surface area contributed by atoms with E-state index in [2.05, 4.69) is 15.9 Å². The molecule has 0 unspecified atom stereocenters. The van der Waals surface area contributed by atoms with Crippen LogP contribution in [0.2, 0.25) is 0 Å². The van der Waals surface area contributed by atoms with Crippen molar-refractivity contribution in [2.75, 3.05) is 7.11 Å². The van der Waals surface area contributed by atoms with Crippen molar-refractivity contribution in [2.24, 2.45) is 0 Å². The van der Waals surface area contributed by atoms with E-state index in [1.54, 1.807) is 7.11 Å². The normalized spacial score (nSPS) is 10.0. The van der Waals surface area contributed by atoms with Crippen molar-refractivity contribution in [1.29, 1.82) is 0 Å². The standard InChI is InChI=1S/C9H11BrO2/c1-6-3-7(12-2)4-9(10)8(6)5-11/h3-4,11H,5H2,1-2H3. The molecule has 0 radical (unpaired) electrons. The first-order valence-corrected chi connectivity index (χ1v) is 4.42. The molecule has 0 saturated heterocycles. The highest BCUT2D eigenvalue weighted by Crippen LogP contribution is 2.26. The molecule has 0 bridgehead atoms. The Morgan fingerprint density at radius 1 is 1.50 bits per heavy atom. The lowest BCUT2D eigenvalue weighted by atomic mass is 10.1. The van der Waals surface area contributed by atoms with Crippen LogP contribution in [0.25, 0.3) is 0 Å². The van der Waals surface area contributed by atoms with Gasteiger partial charge in [0, 0.05) is 4.47 Å².